The summed E-state index contributed by atoms with van der Waals surface area (Å²) in [7, 11) is 1.73. The number of aliphatic imine (C=N–C) groups is 1. The molecule has 2 aromatic rings. The zero-order chi connectivity index (χ0) is 17.2. The second-order valence-electron chi connectivity index (χ2n) is 5.11. The van der Waals surface area contributed by atoms with E-state index in [1.807, 2.05) is 36.7 Å². The molecule has 2 rings (SSSR count). The van der Waals surface area contributed by atoms with Gasteiger partial charge in [0.25, 0.3) is 5.91 Å². The molecule has 0 radical (unpaired) electrons. The van der Waals surface area contributed by atoms with Crippen LogP contribution in [-0.4, -0.2) is 43.1 Å². The van der Waals surface area contributed by atoms with Gasteiger partial charge >= 0.3 is 0 Å². The lowest BCUT2D eigenvalue weighted by Crippen LogP contribution is -2.42. The maximum Gasteiger partial charge on any atom is 0.251 e. The van der Waals surface area contributed by atoms with Crippen LogP contribution in [0.5, 0.6) is 0 Å². The number of hydrogen-bond acceptors (Lipinski definition) is 2. The molecule has 8 heteroatoms. The standard InChI is InChI=1S/C17H22BrN5O.HI/c1-19-17(22-10-13-23-11-2-3-12-23)21-9-8-20-16(24)14-4-6-15(18)7-5-14;/h2-7,11-12H,8-10,13H2,1H3,(H,20,24)(H2,19,21,22);1H. The molecule has 1 heterocycles. The fourth-order valence-corrected chi connectivity index (χ4v) is 2.37. The first-order valence-electron chi connectivity index (χ1n) is 7.78. The number of halogens is 2. The van der Waals surface area contributed by atoms with E-state index in [2.05, 4.69) is 41.4 Å². The Morgan fingerprint density at radius 3 is 2.28 bits per heavy atom. The minimum Gasteiger partial charge on any atom is -0.355 e. The summed E-state index contributed by atoms with van der Waals surface area (Å²) in [5, 5.41) is 9.28. The molecule has 0 fully saturated rings. The molecule has 0 spiro atoms. The second-order valence-corrected chi connectivity index (χ2v) is 6.03. The van der Waals surface area contributed by atoms with Gasteiger partial charge in [0.15, 0.2) is 5.96 Å². The van der Waals surface area contributed by atoms with Gasteiger partial charge in [0.05, 0.1) is 0 Å². The largest absolute Gasteiger partial charge is 0.355 e. The molecule has 1 aromatic heterocycles. The molecule has 0 atom stereocenters. The lowest BCUT2D eigenvalue weighted by Gasteiger charge is -2.12. The molecule has 6 nitrogen and oxygen atoms in total. The van der Waals surface area contributed by atoms with Gasteiger partial charge < -0.3 is 20.5 Å². The Hall–Kier alpha value is -1.55. The molecule has 0 unspecified atom stereocenters. The molecule has 0 saturated heterocycles. The van der Waals surface area contributed by atoms with E-state index < -0.39 is 0 Å². The van der Waals surface area contributed by atoms with E-state index in [1.54, 1.807) is 19.2 Å². The van der Waals surface area contributed by atoms with Crippen LogP contribution in [0.15, 0.2) is 58.3 Å². The van der Waals surface area contributed by atoms with E-state index in [-0.39, 0.29) is 29.9 Å². The molecular formula is C17H23BrIN5O. The molecule has 0 aliphatic rings. The number of hydrogen-bond donors (Lipinski definition) is 3. The average molecular weight is 520 g/mol. The van der Waals surface area contributed by atoms with Crippen molar-refractivity contribution >= 4 is 51.8 Å². The lowest BCUT2D eigenvalue weighted by atomic mass is 10.2. The average Bonchev–Trinajstić information content (AvgIpc) is 3.10. The van der Waals surface area contributed by atoms with E-state index in [1.165, 1.54) is 0 Å². The summed E-state index contributed by atoms with van der Waals surface area (Å²) in [5.41, 5.74) is 0.646. The molecule has 0 aliphatic carbocycles. The minimum atomic E-state index is -0.0835. The van der Waals surface area contributed by atoms with Crippen LogP contribution in [0.3, 0.4) is 0 Å². The number of guanidine groups is 1. The molecule has 0 saturated carbocycles. The van der Waals surface area contributed by atoms with Crippen LogP contribution in [0.2, 0.25) is 0 Å². The van der Waals surface area contributed by atoms with Gasteiger partial charge in [-0.05, 0) is 36.4 Å². The number of amides is 1. The van der Waals surface area contributed by atoms with Gasteiger partial charge in [-0.15, -0.1) is 24.0 Å². The molecule has 1 amide bonds. The van der Waals surface area contributed by atoms with Crippen LogP contribution < -0.4 is 16.0 Å². The quantitative estimate of drug-likeness (QED) is 0.228. The Balaban J connectivity index is 0.00000312. The predicted octanol–water partition coefficient (Wildman–Crippen LogP) is 2.46. The maximum atomic E-state index is 12.0. The number of aromatic nitrogens is 1. The first kappa shape index (κ1) is 21.5. The summed E-state index contributed by atoms with van der Waals surface area (Å²) in [4.78, 5) is 16.1. The van der Waals surface area contributed by atoms with Gasteiger partial charge in [0, 0.05) is 55.7 Å². The monoisotopic (exact) mass is 519 g/mol. The number of carbonyl (C=O) groups excluding carboxylic acids is 1. The third-order valence-corrected chi connectivity index (χ3v) is 3.89. The third kappa shape index (κ3) is 7.91. The molecule has 3 N–H and O–H groups in total. The molecule has 136 valence electrons. The van der Waals surface area contributed by atoms with Crippen LogP contribution in [0.1, 0.15) is 10.4 Å². The van der Waals surface area contributed by atoms with Crippen molar-refractivity contribution in [3.05, 3.63) is 58.8 Å². The highest BCUT2D eigenvalue weighted by Crippen LogP contribution is 2.10. The van der Waals surface area contributed by atoms with Crippen LogP contribution in [0.4, 0.5) is 0 Å². The topological polar surface area (TPSA) is 70.4 Å². The zero-order valence-corrected chi connectivity index (χ0v) is 18.0. The highest BCUT2D eigenvalue weighted by molar-refractivity contribution is 14.0. The van der Waals surface area contributed by atoms with Gasteiger partial charge in [-0.1, -0.05) is 15.9 Å². The molecule has 0 aliphatic heterocycles. The van der Waals surface area contributed by atoms with Gasteiger partial charge in [-0.2, -0.15) is 0 Å². The van der Waals surface area contributed by atoms with E-state index >= 15 is 0 Å². The number of nitrogens with zero attached hydrogens (tertiary/aromatic N) is 2. The van der Waals surface area contributed by atoms with Crippen molar-refractivity contribution in [1.29, 1.82) is 0 Å². The van der Waals surface area contributed by atoms with Gasteiger partial charge in [0.2, 0.25) is 0 Å². The third-order valence-electron chi connectivity index (χ3n) is 3.36. The molecule has 0 bridgehead atoms. The van der Waals surface area contributed by atoms with Gasteiger partial charge in [-0.3, -0.25) is 9.79 Å². The Bertz CT molecular complexity index is 658. The second kappa shape index (κ2) is 11.9. The summed E-state index contributed by atoms with van der Waals surface area (Å²) in [6.07, 6.45) is 4.05. The zero-order valence-electron chi connectivity index (χ0n) is 14.0. The summed E-state index contributed by atoms with van der Waals surface area (Å²) in [6, 6.07) is 11.3. The summed E-state index contributed by atoms with van der Waals surface area (Å²) in [6.45, 7) is 2.77. The van der Waals surface area contributed by atoms with E-state index in [9.17, 15) is 4.79 Å². The summed E-state index contributed by atoms with van der Waals surface area (Å²) >= 11 is 3.35. The predicted molar refractivity (Wildman–Crippen MR) is 116 cm³/mol. The maximum absolute atomic E-state index is 12.0. The van der Waals surface area contributed by atoms with Crippen molar-refractivity contribution in [2.75, 3.05) is 26.7 Å². The van der Waals surface area contributed by atoms with Crippen molar-refractivity contribution in [2.45, 2.75) is 6.54 Å². The molecule has 25 heavy (non-hydrogen) atoms. The number of benzene rings is 1. The van der Waals surface area contributed by atoms with Crippen molar-refractivity contribution in [3.8, 4) is 0 Å². The first-order valence-corrected chi connectivity index (χ1v) is 8.57. The first-order chi connectivity index (χ1) is 11.7. The SMILES string of the molecule is CN=C(NCCNC(=O)c1ccc(Br)cc1)NCCn1cccc1.I. The van der Waals surface area contributed by atoms with Crippen LogP contribution in [-0.2, 0) is 6.54 Å². The summed E-state index contributed by atoms with van der Waals surface area (Å²) in [5.74, 6) is 0.639. The van der Waals surface area contributed by atoms with E-state index in [0.29, 0.717) is 18.7 Å². The van der Waals surface area contributed by atoms with E-state index in [4.69, 9.17) is 0 Å². The van der Waals surface area contributed by atoms with Crippen molar-refractivity contribution in [1.82, 2.24) is 20.5 Å². The van der Waals surface area contributed by atoms with Crippen molar-refractivity contribution in [3.63, 3.8) is 0 Å². The normalized spacial score (nSPS) is 10.7. The number of nitrogens with one attached hydrogen (secondary N) is 3. The highest BCUT2D eigenvalue weighted by Gasteiger charge is 2.04. The Morgan fingerprint density at radius 1 is 1.04 bits per heavy atom. The number of carbonyl (C=O) groups is 1. The van der Waals surface area contributed by atoms with E-state index in [0.717, 1.165) is 23.5 Å². The summed E-state index contributed by atoms with van der Waals surface area (Å²) < 4.78 is 3.05. The fourth-order valence-electron chi connectivity index (χ4n) is 2.10. The molecule has 1 aromatic carbocycles. The Morgan fingerprint density at radius 2 is 1.64 bits per heavy atom. The lowest BCUT2D eigenvalue weighted by molar-refractivity contribution is 0.0954. The minimum absolute atomic E-state index is 0. The van der Waals surface area contributed by atoms with Crippen molar-refractivity contribution < 1.29 is 4.79 Å². The van der Waals surface area contributed by atoms with Gasteiger partial charge in [0.1, 0.15) is 0 Å². The molecular weight excluding hydrogens is 497 g/mol. The smallest absolute Gasteiger partial charge is 0.251 e. The van der Waals surface area contributed by atoms with Crippen LogP contribution in [0, 0.1) is 0 Å². The van der Waals surface area contributed by atoms with Crippen LogP contribution >= 0.6 is 39.9 Å². The Labute approximate surface area is 173 Å². The fraction of sp³-hybridized carbons (Fsp3) is 0.294. The van der Waals surface area contributed by atoms with Gasteiger partial charge in [-0.25, -0.2) is 0 Å². The Kier molecular flexibility index (Phi) is 10.2. The highest BCUT2D eigenvalue weighted by atomic mass is 127. The van der Waals surface area contributed by atoms with Crippen LogP contribution in [0.25, 0.3) is 0 Å². The van der Waals surface area contributed by atoms with Crippen molar-refractivity contribution in [2.24, 2.45) is 4.99 Å². The number of rotatable bonds is 7.